The minimum atomic E-state index is 0.0481. The van der Waals surface area contributed by atoms with Crippen LogP contribution in [0.2, 0.25) is 0 Å². The Morgan fingerprint density at radius 3 is 2.52 bits per heavy atom. The Balaban J connectivity index is 1.82. The molecule has 1 aromatic heterocycles. The summed E-state index contributed by atoms with van der Waals surface area (Å²) in [5.41, 5.74) is 4.48. The van der Waals surface area contributed by atoms with Crippen LogP contribution in [0.5, 0.6) is 0 Å². The average molecular weight is 308 g/mol. The van der Waals surface area contributed by atoms with E-state index in [0.717, 1.165) is 37.3 Å². The van der Waals surface area contributed by atoms with E-state index in [1.807, 2.05) is 22.9 Å². The SMILES string of the molecule is Cc1ccc(C(N2CCOCC2)n2nnc3ccccc32)cc1. The number of hydrogen-bond donors (Lipinski definition) is 0. The first-order valence-electron chi connectivity index (χ1n) is 8.01. The van der Waals surface area contributed by atoms with E-state index in [4.69, 9.17) is 4.74 Å². The van der Waals surface area contributed by atoms with Crippen LogP contribution in [-0.4, -0.2) is 46.2 Å². The van der Waals surface area contributed by atoms with E-state index in [1.54, 1.807) is 0 Å². The number of aryl methyl sites for hydroxylation is 1. The Bertz CT molecular complexity index is 790. The van der Waals surface area contributed by atoms with Crippen molar-refractivity contribution in [1.29, 1.82) is 0 Å². The fraction of sp³-hybridized carbons (Fsp3) is 0.333. The second-order valence-electron chi connectivity index (χ2n) is 5.96. The van der Waals surface area contributed by atoms with Crippen molar-refractivity contribution in [3.8, 4) is 0 Å². The minimum absolute atomic E-state index is 0.0481. The Hall–Kier alpha value is -2.24. The molecule has 1 aliphatic heterocycles. The summed E-state index contributed by atoms with van der Waals surface area (Å²) >= 11 is 0. The van der Waals surface area contributed by atoms with Crippen molar-refractivity contribution in [2.75, 3.05) is 26.3 Å². The van der Waals surface area contributed by atoms with Crippen LogP contribution < -0.4 is 0 Å². The molecule has 0 amide bonds. The number of fused-ring (bicyclic) bond motifs is 1. The zero-order valence-corrected chi connectivity index (χ0v) is 13.2. The van der Waals surface area contributed by atoms with Crippen LogP contribution in [0.3, 0.4) is 0 Å². The molecule has 2 heterocycles. The summed E-state index contributed by atoms with van der Waals surface area (Å²) in [5.74, 6) is 0. The van der Waals surface area contributed by atoms with Gasteiger partial charge in [0, 0.05) is 13.1 Å². The molecule has 3 aromatic rings. The Morgan fingerprint density at radius 2 is 1.74 bits per heavy atom. The molecule has 4 rings (SSSR count). The molecule has 0 spiro atoms. The first-order chi connectivity index (χ1) is 11.3. The van der Waals surface area contributed by atoms with Crippen molar-refractivity contribution < 1.29 is 4.74 Å². The van der Waals surface area contributed by atoms with Gasteiger partial charge in [-0.2, -0.15) is 0 Å². The Morgan fingerprint density at radius 1 is 1.00 bits per heavy atom. The third kappa shape index (κ3) is 2.73. The predicted octanol–water partition coefficient (Wildman–Crippen LogP) is 2.62. The van der Waals surface area contributed by atoms with E-state index in [-0.39, 0.29) is 6.17 Å². The van der Waals surface area contributed by atoms with E-state index in [1.165, 1.54) is 11.1 Å². The van der Waals surface area contributed by atoms with E-state index in [2.05, 4.69) is 52.5 Å². The zero-order valence-electron chi connectivity index (χ0n) is 13.2. The molecule has 118 valence electrons. The summed E-state index contributed by atoms with van der Waals surface area (Å²) in [6.45, 7) is 5.42. The molecular formula is C18H20N4O. The first kappa shape index (κ1) is 14.4. The third-order valence-electron chi connectivity index (χ3n) is 4.38. The highest BCUT2D eigenvalue weighted by atomic mass is 16.5. The molecule has 0 radical (unpaired) electrons. The summed E-state index contributed by atoms with van der Waals surface area (Å²) in [6, 6.07) is 16.8. The van der Waals surface area contributed by atoms with E-state index < -0.39 is 0 Å². The van der Waals surface area contributed by atoms with Gasteiger partial charge in [0.15, 0.2) is 0 Å². The molecule has 0 bridgehead atoms. The molecular weight excluding hydrogens is 288 g/mol. The van der Waals surface area contributed by atoms with Crippen molar-refractivity contribution in [3.05, 3.63) is 59.7 Å². The van der Waals surface area contributed by atoms with E-state index in [9.17, 15) is 0 Å². The maximum absolute atomic E-state index is 5.52. The summed E-state index contributed by atoms with van der Waals surface area (Å²) in [5, 5.41) is 8.79. The van der Waals surface area contributed by atoms with Gasteiger partial charge in [0.1, 0.15) is 11.7 Å². The van der Waals surface area contributed by atoms with Crippen molar-refractivity contribution in [1.82, 2.24) is 19.9 Å². The van der Waals surface area contributed by atoms with Gasteiger partial charge in [-0.05, 0) is 24.6 Å². The second kappa shape index (κ2) is 6.10. The van der Waals surface area contributed by atoms with Crippen molar-refractivity contribution >= 4 is 11.0 Å². The minimum Gasteiger partial charge on any atom is -0.379 e. The quantitative estimate of drug-likeness (QED) is 0.746. The number of ether oxygens (including phenoxy) is 1. The maximum Gasteiger partial charge on any atom is 0.132 e. The number of benzene rings is 2. The van der Waals surface area contributed by atoms with Gasteiger partial charge < -0.3 is 4.74 Å². The van der Waals surface area contributed by atoms with Crippen LogP contribution in [0.4, 0.5) is 0 Å². The Labute approximate surface area is 135 Å². The van der Waals surface area contributed by atoms with Gasteiger partial charge >= 0.3 is 0 Å². The van der Waals surface area contributed by atoms with Crippen molar-refractivity contribution in [2.45, 2.75) is 13.1 Å². The number of rotatable bonds is 3. The number of aromatic nitrogens is 3. The van der Waals surface area contributed by atoms with Crippen LogP contribution in [0, 0.1) is 6.92 Å². The van der Waals surface area contributed by atoms with Gasteiger partial charge in [-0.1, -0.05) is 47.2 Å². The molecule has 0 aliphatic carbocycles. The van der Waals surface area contributed by atoms with Gasteiger partial charge in [0.05, 0.1) is 18.7 Å². The number of nitrogens with zero attached hydrogens (tertiary/aromatic N) is 4. The third-order valence-corrected chi connectivity index (χ3v) is 4.38. The highest BCUT2D eigenvalue weighted by Crippen LogP contribution is 2.26. The summed E-state index contributed by atoms with van der Waals surface area (Å²) in [4.78, 5) is 2.41. The van der Waals surface area contributed by atoms with Gasteiger partial charge in [0.2, 0.25) is 0 Å². The molecule has 5 heteroatoms. The zero-order chi connectivity index (χ0) is 15.6. The number of para-hydroxylation sites is 1. The fourth-order valence-electron chi connectivity index (χ4n) is 3.13. The van der Waals surface area contributed by atoms with E-state index >= 15 is 0 Å². The van der Waals surface area contributed by atoms with Gasteiger partial charge in [-0.15, -0.1) is 5.10 Å². The average Bonchev–Trinajstić information content (AvgIpc) is 3.02. The summed E-state index contributed by atoms with van der Waals surface area (Å²) in [6.07, 6.45) is 0.0481. The lowest BCUT2D eigenvalue weighted by Gasteiger charge is -2.34. The van der Waals surface area contributed by atoms with Gasteiger partial charge in [0.25, 0.3) is 0 Å². The monoisotopic (exact) mass is 308 g/mol. The summed E-state index contributed by atoms with van der Waals surface area (Å²) < 4.78 is 7.56. The fourth-order valence-corrected chi connectivity index (χ4v) is 3.13. The molecule has 1 saturated heterocycles. The smallest absolute Gasteiger partial charge is 0.132 e. The maximum atomic E-state index is 5.52. The van der Waals surface area contributed by atoms with Crippen LogP contribution in [-0.2, 0) is 4.74 Å². The molecule has 0 saturated carbocycles. The van der Waals surface area contributed by atoms with Crippen molar-refractivity contribution in [2.24, 2.45) is 0 Å². The normalized spacial score (nSPS) is 17.4. The number of hydrogen-bond acceptors (Lipinski definition) is 4. The van der Waals surface area contributed by atoms with Crippen LogP contribution in [0.15, 0.2) is 48.5 Å². The summed E-state index contributed by atoms with van der Waals surface area (Å²) in [7, 11) is 0. The van der Waals surface area contributed by atoms with E-state index in [0.29, 0.717) is 0 Å². The molecule has 5 nitrogen and oxygen atoms in total. The van der Waals surface area contributed by atoms with Crippen molar-refractivity contribution in [3.63, 3.8) is 0 Å². The highest BCUT2D eigenvalue weighted by molar-refractivity contribution is 5.74. The molecule has 1 fully saturated rings. The number of morpholine rings is 1. The lowest BCUT2D eigenvalue weighted by molar-refractivity contribution is 0.00713. The topological polar surface area (TPSA) is 43.2 Å². The molecule has 1 aliphatic rings. The van der Waals surface area contributed by atoms with Crippen LogP contribution >= 0.6 is 0 Å². The molecule has 2 aromatic carbocycles. The first-order valence-corrected chi connectivity index (χ1v) is 8.01. The Kier molecular flexibility index (Phi) is 3.81. The molecule has 23 heavy (non-hydrogen) atoms. The largest absolute Gasteiger partial charge is 0.379 e. The van der Waals surface area contributed by atoms with Crippen LogP contribution in [0.1, 0.15) is 17.3 Å². The predicted molar refractivity (Wildman–Crippen MR) is 89.2 cm³/mol. The standard InChI is InChI=1S/C18H20N4O/c1-14-6-8-15(9-7-14)18(21-10-12-23-13-11-21)22-17-5-3-2-4-16(17)19-20-22/h2-9,18H,10-13H2,1H3. The lowest BCUT2D eigenvalue weighted by atomic mass is 10.1. The van der Waals surface area contributed by atoms with Gasteiger partial charge in [-0.3, -0.25) is 4.90 Å². The molecule has 1 unspecified atom stereocenters. The molecule has 1 atom stereocenters. The van der Waals surface area contributed by atoms with Crippen LogP contribution in [0.25, 0.3) is 11.0 Å². The lowest BCUT2D eigenvalue weighted by Crippen LogP contribution is -2.42. The second-order valence-corrected chi connectivity index (χ2v) is 5.96. The van der Waals surface area contributed by atoms with Gasteiger partial charge in [-0.25, -0.2) is 4.68 Å². The highest BCUT2D eigenvalue weighted by Gasteiger charge is 2.26. The molecule has 0 N–H and O–H groups in total.